The molecular weight excluding hydrogens is 386 g/mol. The number of phenols is 1. The minimum atomic E-state index is -0.102. The van der Waals surface area contributed by atoms with Crippen molar-refractivity contribution in [3.63, 3.8) is 0 Å². The summed E-state index contributed by atoms with van der Waals surface area (Å²) in [5.74, 6) is 2.74. The molecule has 0 aromatic heterocycles. The molecule has 3 nitrogen and oxygen atoms in total. The molecule has 5 heteroatoms. The maximum atomic E-state index is 12.6. The van der Waals surface area contributed by atoms with Gasteiger partial charge in [0.2, 0.25) is 0 Å². The van der Waals surface area contributed by atoms with Gasteiger partial charge in [-0.1, -0.05) is 36.1 Å². The number of carbonyl (C=O) groups is 1. The molecular formula is C23H25NO2S2. The second kappa shape index (κ2) is 6.74. The van der Waals surface area contributed by atoms with E-state index >= 15 is 0 Å². The van der Waals surface area contributed by atoms with Crippen molar-refractivity contribution >= 4 is 40.3 Å². The molecule has 1 heterocycles. The third-order valence-electron chi connectivity index (χ3n) is 7.15. The summed E-state index contributed by atoms with van der Waals surface area (Å²) >= 11 is 6.63. The number of rotatable bonds is 4. The van der Waals surface area contributed by atoms with Crippen molar-refractivity contribution in [3.05, 3.63) is 46.9 Å². The molecule has 5 fully saturated rings. The fourth-order valence-corrected chi connectivity index (χ4v) is 7.66. The van der Waals surface area contributed by atoms with Crippen LogP contribution in [0.15, 0.2) is 35.8 Å². The average molecular weight is 412 g/mol. The van der Waals surface area contributed by atoms with Gasteiger partial charge in [-0.2, -0.15) is 0 Å². The molecule has 5 aliphatic rings. The Morgan fingerprint density at radius 2 is 1.86 bits per heavy atom. The van der Waals surface area contributed by atoms with Crippen LogP contribution in [0.3, 0.4) is 0 Å². The van der Waals surface area contributed by atoms with Gasteiger partial charge in [0, 0.05) is 12.1 Å². The Balaban J connectivity index is 1.48. The van der Waals surface area contributed by atoms with E-state index < -0.39 is 0 Å². The van der Waals surface area contributed by atoms with Crippen molar-refractivity contribution < 1.29 is 9.90 Å². The minimum absolute atomic E-state index is 0.102. The fraction of sp³-hybridized carbons (Fsp3) is 0.478. The zero-order chi connectivity index (χ0) is 19.5. The second-order valence-corrected chi connectivity index (χ2v) is 10.7. The van der Waals surface area contributed by atoms with E-state index in [1.807, 2.05) is 12.1 Å². The Morgan fingerprint density at radius 1 is 1.21 bits per heavy atom. The van der Waals surface area contributed by atoms with Crippen LogP contribution in [-0.2, 0) is 10.2 Å². The summed E-state index contributed by atoms with van der Waals surface area (Å²) < 4.78 is 0.549. The molecule has 1 saturated heterocycles. The molecule has 4 bridgehead atoms. The summed E-state index contributed by atoms with van der Waals surface area (Å²) in [6, 6.07) is 6.05. The van der Waals surface area contributed by atoms with Crippen LogP contribution < -0.4 is 0 Å². The lowest BCUT2D eigenvalue weighted by molar-refractivity contribution is -0.121. The highest BCUT2D eigenvalue weighted by Crippen LogP contribution is 2.61. The van der Waals surface area contributed by atoms with E-state index in [9.17, 15) is 9.90 Å². The van der Waals surface area contributed by atoms with Crippen LogP contribution in [0, 0.1) is 17.8 Å². The molecule has 1 N–H and O–H groups in total. The summed E-state index contributed by atoms with van der Waals surface area (Å²) in [7, 11) is 0. The average Bonchev–Trinajstić information content (AvgIpc) is 2.90. The number of carbonyl (C=O) groups excluding carboxylic acids is 1. The summed E-state index contributed by atoms with van der Waals surface area (Å²) in [6.45, 7) is 4.11. The highest BCUT2D eigenvalue weighted by Gasteiger charge is 2.51. The molecule has 1 aromatic carbocycles. The van der Waals surface area contributed by atoms with E-state index in [-0.39, 0.29) is 17.1 Å². The quantitative estimate of drug-likeness (QED) is 0.417. The number of thioether (sulfide) groups is 1. The second-order valence-electron chi connectivity index (χ2n) is 9.05. The molecule has 146 valence electrons. The highest BCUT2D eigenvalue weighted by molar-refractivity contribution is 8.26. The number of phenolic OH excluding ortho intramolecular Hbond substituents is 1. The number of thiocarbonyl (C=S) groups is 1. The summed E-state index contributed by atoms with van der Waals surface area (Å²) in [5, 5.41) is 10.5. The van der Waals surface area contributed by atoms with Gasteiger partial charge in [0.15, 0.2) is 0 Å². The van der Waals surface area contributed by atoms with Gasteiger partial charge in [0.05, 0.1) is 4.91 Å². The number of hydrogen-bond donors (Lipinski definition) is 1. The van der Waals surface area contributed by atoms with Crippen molar-refractivity contribution in [3.8, 4) is 5.75 Å². The van der Waals surface area contributed by atoms with Crippen LogP contribution in [0.25, 0.3) is 6.08 Å². The highest BCUT2D eigenvalue weighted by atomic mass is 32.2. The van der Waals surface area contributed by atoms with E-state index in [4.69, 9.17) is 12.2 Å². The Hall–Kier alpha value is -1.59. The summed E-state index contributed by atoms with van der Waals surface area (Å²) in [6.07, 6.45) is 11.6. The van der Waals surface area contributed by atoms with Crippen molar-refractivity contribution in [2.24, 2.45) is 17.8 Å². The lowest BCUT2D eigenvalue weighted by Gasteiger charge is -2.57. The normalized spacial score (nSPS) is 35.2. The maximum Gasteiger partial charge on any atom is 0.266 e. The maximum absolute atomic E-state index is 12.6. The van der Waals surface area contributed by atoms with E-state index in [2.05, 4.69) is 18.7 Å². The summed E-state index contributed by atoms with van der Waals surface area (Å²) in [4.78, 5) is 14.8. The van der Waals surface area contributed by atoms with Gasteiger partial charge in [0.1, 0.15) is 10.1 Å². The van der Waals surface area contributed by atoms with Crippen LogP contribution in [0.1, 0.15) is 49.7 Å². The molecule has 1 amide bonds. The number of aromatic hydroxyl groups is 1. The predicted molar refractivity (Wildman–Crippen MR) is 118 cm³/mol. The van der Waals surface area contributed by atoms with Crippen LogP contribution >= 0.6 is 24.0 Å². The zero-order valence-electron chi connectivity index (χ0n) is 15.9. The van der Waals surface area contributed by atoms with Gasteiger partial charge in [0.25, 0.3) is 5.91 Å². The monoisotopic (exact) mass is 411 g/mol. The van der Waals surface area contributed by atoms with E-state index in [1.165, 1.54) is 55.9 Å². The standard InChI is InChI=1S/C23H25NO2S2/c1-2-5-24-21(26)20(28-22(24)27)10-17-9-18(3-4-19(17)25)23-11-14-6-15(12-23)8-16(7-14)13-23/h2-4,9-10,14-16,25H,1,5-8,11-13H2. The largest absolute Gasteiger partial charge is 0.507 e. The van der Waals surface area contributed by atoms with Crippen molar-refractivity contribution in [1.29, 1.82) is 0 Å². The third kappa shape index (κ3) is 2.94. The zero-order valence-corrected chi connectivity index (χ0v) is 17.5. The number of amides is 1. The molecule has 0 atom stereocenters. The molecule has 1 aliphatic heterocycles. The first-order valence-electron chi connectivity index (χ1n) is 10.2. The molecule has 4 aliphatic carbocycles. The number of nitrogens with zero attached hydrogens (tertiary/aromatic N) is 1. The smallest absolute Gasteiger partial charge is 0.266 e. The first-order chi connectivity index (χ1) is 13.5. The van der Waals surface area contributed by atoms with Gasteiger partial charge in [-0.05, 0) is 85.5 Å². The molecule has 0 unspecified atom stereocenters. The Labute approximate surface area is 175 Å². The molecule has 28 heavy (non-hydrogen) atoms. The third-order valence-corrected chi connectivity index (χ3v) is 8.53. The summed E-state index contributed by atoms with van der Waals surface area (Å²) in [5.41, 5.74) is 2.34. The van der Waals surface area contributed by atoms with Crippen molar-refractivity contribution in [1.82, 2.24) is 4.90 Å². The topological polar surface area (TPSA) is 40.5 Å². The first-order valence-corrected chi connectivity index (χ1v) is 11.4. The van der Waals surface area contributed by atoms with Gasteiger partial charge >= 0.3 is 0 Å². The number of hydrogen-bond acceptors (Lipinski definition) is 4. The lowest BCUT2D eigenvalue weighted by Crippen LogP contribution is -2.48. The fourth-order valence-electron chi connectivity index (χ4n) is 6.39. The van der Waals surface area contributed by atoms with Crippen LogP contribution in [0.2, 0.25) is 0 Å². The van der Waals surface area contributed by atoms with Gasteiger partial charge in [-0.25, -0.2) is 0 Å². The lowest BCUT2D eigenvalue weighted by atomic mass is 9.48. The van der Waals surface area contributed by atoms with E-state index in [1.54, 1.807) is 11.0 Å². The number of benzene rings is 1. The Morgan fingerprint density at radius 3 is 2.46 bits per heavy atom. The predicted octanol–water partition coefficient (Wildman–Crippen LogP) is 5.25. The Bertz CT molecular complexity index is 869. The molecule has 4 saturated carbocycles. The van der Waals surface area contributed by atoms with Crippen molar-refractivity contribution in [2.75, 3.05) is 6.54 Å². The van der Waals surface area contributed by atoms with Gasteiger partial charge in [-0.3, -0.25) is 9.69 Å². The molecule has 0 spiro atoms. The minimum Gasteiger partial charge on any atom is -0.507 e. The first kappa shape index (κ1) is 18.4. The SMILES string of the molecule is C=CCN1C(=O)C(=Cc2cc(C34CC5CC(CC(C5)C3)C4)ccc2O)SC1=S. The van der Waals surface area contributed by atoms with Crippen LogP contribution in [-0.4, -0.2) is 26.8 Å². The molecule has 6 rings (SSSR count). The van der Waals surface area contributed by atoms with E-state index in [0.29, 0.717) is 15.8 Å². The van der Waals surface area contributed by atoms with Gasteiger partial charge in [-0.15, -0.1) is 6.58 Å². The molecule has 1 aromatic rings. The van der Waals surface area contributed by atoms with Gasteiger partial charge < -0.3 is 5.11 Å². The van der Waals surface area contributed by atoms with Crippen LogP contribution in [0.5, 0.6) is 5.75 Å². The van der Waals surface area contributed by atoms with Crippen LogP contribution in [0.4, 0.5) is 0 Å². The Kier molecular flexibility index (Phi) is 4.44. The van der Waals surface area contributed by atoms with E-state index in [0.717, 1.165) is 23.3 Å². The molecule has 0 radical (unpaired) electrons. The van der Waals surface area contributed by atoms with Crippen molar-refractivity contribution in [2.45, 2.75) is 43.9 Å².